The molecular weight excluding hydrogens is 429 g/mol. The Hall–Kier alpha value is -3.13. The van der Waals surface area contributed by atoms with Crippen LogP contribution in [0.25, 0.3) is 11.0 Å². The Bertz CT molecular complexity index is 1230. The second-order valence-corrected chi connectivity index (χ2v) is 8.42. The minimum Gasteiger partial charge on any atom is -0.341 e. The lowest BCUT2D eigenvalue weighted by Gasteiger charge is -2.32. The normalized spacial score (nSPS) is 14.9. The first-order valence-electron chi connectivity index (χ1n) is 10.8. The predicted molar refractivity (Wildman–Crippen MR) is 121 cm³/mol. The first-order chi connectivity index (χ1) is 15.6. The topological polar surface area (TPSA) is 72.6 Å². The van der Waals surface area contributed by atoms with Crippen LogP contribution in [0.15, 0.2) is 43.4 Å². The van der Waals surface area contributed by atoms with Gasteiger partial charge >= 0.3 is 0 Å². The number of anilines is 1. The van der Waals surface area contributed by atoms with Gasteiger partial charge in [0, 0.05) is 61.6 Å². The molecule has 1 saturated heterocycles. The van der Waals surface area contributed by atoms with Gasteiger partial charge in [-0.1, -0.05) is 18.5 Å². The Kier molecular flexibility index (Phi) is 5.70. The summed E-state index contributed by atoms with van der Waals surface area (Å²) in [6.07, 6.45) is 13.2. The number of halogens is 2. The van der Waals surface area contributed by atoms with Crippen molar-refractivity contribution < 1.29 is 4.39 Å². The van der Waals surface area contributed by atoms with E-state index in [1.807, 2.05) is 17.0 Å². The quantitative estimate of drug-likeness (QED) is 0.447. The number of piperidine rings is 1. The van der Waals surface area contributed by atoms with Crippen LogP contribution >= 0.6 is 11.6 Å². The van der Waals surface area contributed by atoms with Gasteiger partial charge in [-0.15, -0.1) is 0 Å². The zero-order chi connectivity index (χ0) is 22.1. The summed E-state index contributed by atoms with van der Waals surface area (Å²) in [6.45, 7) is 3.70. The van der Waals surface area contributed by atoms with Crippen LogP contribution in [-0.4, -0.2) is 42.6 Å². The van der Waals surface area contributed by atoms with Crippen molar-refractivity contribution in [2.24, 2.45) is 0 Å². The molecule has 0 bridgehead atoms. The van der Waals surface area contributed by atoms with E-state index in [2.05, 4.69) is 36.7 Å². The van der Waals surface area contributed by atoms with Gasteiger partial charge in [0.25, 0.3) is 0 Å². The second kappa shape index (κ2) is 8.78. The SMILES string of the molecule is CCc1cnc(N2CCC(n3cc(F)c4c(Cc5cnccc5Cl)ncnc43)CC2)nc1. The highest BCUT2D eigenvalue weighted by Gasteiger charge is 2.26. The zero-order valence-corrected chi connectivity index (χ0v) is 18.5. The molecule has 0 unspecified atom stereocenters. The smallest absolute Gasteiger partial charge is 0.225 e. The van der Waals surface area contributed by atoms with Crippen LogP contribution in [0.2, 0.25) is 5.02 Å². The molecule has 4 aromatic rings. The number of fused-ring (bicyclic) bond motifs is 1. The van der Waals surface area contributed by atoms with Crippen LogP contribution in [0.5, 0.6) is 0 Å². The second-order valence-electron chi connectivity index (χ2n) is 8.01. The van der Waals surface area contributed by atoms with Gasteiger partial charge in [0.05, 0.1) is 11.1 Å². The fourth-order valence-corrected chi connectivity index (χ4v) is 4.44. The Labute approximate surface area is 190 Å². The lowest BCUT2D eigenvalue weighted by atomic mass is 10.1. The van der Waals surface area contributed by atoms with Gasteiger partial charge in [0.2, 0.25) is 5.95 Å². The van der Waals surface area contributed by atoms with E-state index in [0.29, 0.717) is 28.2 Å². The van der Waals surface area contributed by atoms with Crippen molar-refractivity contribution in [3.05, 3.63) is 71.0 Å². The molecular formula is C23H23ClFN7. The lowest BCUT2D eigenvalue weighted by molar-refractivity contribution is 0.398. The molecule has 5 heterocycles. The van der Waals surface area contributed by atoms with Crippen molar-refractivity contribution in [3.8, 4) is 0 Å². The van der Waals surface area contributed by atoms with E-state index in [9.17, 15) is 0 Å². The monoisotopic (exact) mass is 451 g/mol. The largest absolute Gasteiger partial charge is 0.341 e. The molecule has 7 nitrogen and oxygen atoms in total. The van der Waals surface area contributed by atoms with E-state index < -0.39 is 0 Å². The van der Waals surface area contributed by atoms with Crippen LogP contribution in [0.3, 0.4) is 0 Å². The van der Waals surface area contributed by atoms with E-state index in [4.69, 9.17) is 11.6 Å². The lowest BCUT2D eigenvalue weighted by Crippen LogP contribution is -2.35. The Morgan fingerprint density at radius 2 is 1.88 bits per heavy atom. The minimum atomic E-state index is -0.309. The molecule has 0 atom stereocenters. The van der Waals surface area contributed by atoms with Gasteiger partial charge in [-0.25, -0.2) is 24.3 Å². The molecule has 1 aliphatic rings. The third kappa shape index (κ3) is 3.90. The maximum absolute atomic E-state index is 15.1. The summed E-state index contributed by atoms with van der Waals surface area (Å²) in [4.78, 5) is 24.1. The van der Waals surface area contributed by atoms with E-state index >= 15 is 4.39 Å². The van der Waals surface area contributed by atoms with Crippen molar-refractivity contribution >= 4 is 28.6 Å². The predicted octanol–water partition coefficient (Wildman–Crippen LogP) is 4.40. The fourth-order valence-electron chi connectivity index (χ4n) is 4.27. The van der Waals surface area contributed by atoms with E-state index in [-0.39, 0.29) is 11.9 Å². The van der Waals surface area contributed by atoms with Gasteiger partial charge in [0.15, 0.2) is 5.82 Å². The number of hydrogen-bond acceptors (Lipinski definition) is 6. The van der Waals surface area contributed by atoms with Crippen LogP contribution in [0.4, 0.5) is 10.3 Å². The fraction of sp³-hybridized carbons (Fsp3) is 0.348. The van der Waals surface area contributed by atoms with Crippen molar-refractivity contribution in [2.75, 3.05) is 18.0 Å². The average Bonchev–Trinajstić information content (AvgIpc) is 3.18. The first kappa shape index (κ1) is 20.8. The summed E-state index contributed by atoms with van der Waals surface area (Å²) in [7, 11) is 0. The summed E-state index contributed by atoms with van der Waals surface area (Å²) in [5.74, 6) is 0.443. The standard InChI is InChI=1S/C23H23ClFN7/c1-2-15-10-27-23(28-11-15)31-7-4-17(5-8-31)32-13-19(25)21-20(29-14-30-22(21)32)9-16-12-26-6-3-18(16)24/h3,6,10-14,17H,2,4-5,7-9H2,1H3. The number of hydrogen-bond donors (Lipinski definition) is 0. The first-order valence-corrected chi connectivity index (χ1v) is 11.2. The number of aryl methyl sites for hydroxylation is 1. The highest BCUT2D eigenvalue weighted by Crippen LogP contribution is 2.31. The van der Waals surface area contributed by atoms with Gasteiger partial charge in [-0.05, 0) is 36.5 Å². The molecule has 0 radical (unpaired) electrons. The van der Waals surface area contributed by atoms with Gasteiger partial charge in [-0.2, -0.15) is 0 Å². The highest BCUT2D eigenvalue weighted by molar-refractivity contribution is 6.31. The van der Waals surface area contributed by atoms with Gasteiger partial charge in [0.1, 0.15) is 12.0 Å². The van der Waals surface area contributed by atoms with Crippen molar-refractivity contribution in [2.45, 2.75) is 38.6 Å². The number of rotatable bonds is 5. The van der Waals surface area contributed by atoms with Gasteiger partial charge < -0.3 is 9.47 Å². The maximum atomic E-state index is 15.1. The van der Waals surface area contributed by atoms with Crippen molar-refractivity contribution in [3.63, 3.8) is 0 Å². The van der Waals surface area contributed by atoms with Crippen LogP contribution in [-0.2, 0) is 12.8 Å². The summed E-state index contributed by atoms with van der Waals surface area (Å²) < 4.78 is 17.0. The summed E-state index contributed by atoms with van der Waals surface area (Å²) in [5.41, 5.74) is 3.17. The summed E-state index contributed by atoms with van der Waals surface area (Å²) in [6, 6.07) is 1.88. The molecule has 32 heavy (non-hydrogen) atoms. The molecule has 4 aromatic heterocycles. The molecule has 1 fully saturated rings. The van der Waals surface area contributed by atoms with E-state index in [0.717, 1.165) is 49.4 Å². The van der Waals surface area contributed by atoms with Crippen molar-refractivity contribution in [1.82, 2.24) is 29.5 Å². The molecule has 9 heteroatoms. The van der Waals surface area contributed by atoms with E-state index in [1.165, 1.54) is 6.33 Å². The summed E-state index contributed by atoms with van der Waals surface area (Å²) >= 11 is 6.28. The van der Waals surface area contributed by atoms with E-state index in [1.54, 1.807) is 24.7 Å². The van der Waals surface area contributed by atoms with Crippen molar-refractivity contribution in [1.29, 1.82) is 0 Å². The average molecular weight is 452 g/mol. The summed E-state index contributed by atoms with van der Waals surface area (Å²) in [5, 5.41) is 1.04. The molecule has 0 saturated carbocycles. The van der Waals surface area contributed by atoms with Gasteiger partial charge in [-0.3, -0.25) is 4.98 Å². The zero-order valence-electron chi connectivity index (χ0n) is 17.7. The third-order valence-corrected chi connectivity index (χ3v) is 6.45. The van der Waals surface area contributed by atoms with Crippen LogP contribution in [0, 0.1) is 5.82 Å². The molecule has 0 N–H and O–H groups in total. The van der Waals surface area contributed by atoms with Crippen LogP contribution in [0.1, 0.15) is 42.6 Å². The Morgan fingerprint density at radius 3 is 2.59 bits per heavy atom. The Morgan fingerprint density at radius 1 is 1.09 bits per heavy atom. The maximum Gasteiger partial charge on any atom is 0.225 e. The number of nitrogens with zero attached hydrogens (tertiary/aromatic N) is 7. The molecule has 1 aliphatic heterocycles. The number of pyridine rings is 1. The molecule has 0 aliphatic carbocycles. The Balaban J connectivity index is 1.38. The number of aromatic nitrogens is 6. The molecule has 0 aromatic carbocycles. The third-order valence-electron chi connectivity index (χ3n) is 6.08. The molecule has 0 amide bonds. The molecule has 0 spiro atoms. The molecule has 164 valence electrons. The highest BCUT2D eigenvalue weighted by atomic mass is 35.5. The van der Waals surface area contributed by atoms with Crippen LogP contribution < -0.4 is 4.90 Å². The minimum absolute atomic E-state index is 0.151. The molecule has 5 rings (SSSR count).